The van der Waals surface area contributed by atoms with Gasteiger partial charge in [-0.2, -0.15) is 0 Å². The molecule has 0 amide bonds. The van der Waals surface area contributed by atoms with Crippen molar-refractivity contribution in [1.29, 1.82) is 0 Å². The lowest BCUT2D eigenvalue weighted by atomic mass is 10.2. The van der Waals surface area contributed by atoms with Gasteiger partial charge in [-0.25, -0.2) is 4.98 Å². The lowest BCUT2D eigenvalue weighted by molar-refractivity contribution is -0.136. The van der Waals surface area contributed by atoms with Gasteiger partial charge >= 0.3 is 5.97 Å². The van der Waals surface area contributed by atoms with E-state index in [0.717, 1.165) is 16.2 Å². The van der Waals surface area contributed by atoms with Crippen LogP contribution in [0.4, 0.5) is 0 Å². The summed E-state index contributed by atoms with van der Waals surface area (Å²) in [4.78, 5) is 15.9. The van der Waals surface area contributed by atoms with Crippen LogP contribution in [-0.4, -0.2) is 20.5 Å². The zero-order chi connectivity index (χ0) is 12.5. The van der Waals surface area contributed by atoms with E-state index in [0.29, 0.717) is 5.69 Å². The number of thiazole rings is 1. The molecule has 0 saturated heterocycles. The third-order valence-electron chi connectivity index (χ3n) is 2.72. The molecule has 0 atom stereocenters. The molecule has 0 saturated carbocycles. The summed E-state index contributed by atoms with van der Waals surface area (Å²) in [6, 6.07) is 9.90. The number of aliphatic carboxylic acids is 1. The van der Waals surface area contributed by atoms with Crippen LogP contribution in [0, 0.1) is 0 Å². The maximum Gasteiger partial charge on any atom is 0.309 e. The van der Waals surface area contributed by atoms with E-state index in [1.807, 2.05) is 40.1 Å². The first-order valence-corrected chi connectivity index (χ1v) is 6.34. The van der Waals surface area contributed by atoms with E-state index in [1.165, 1.54) is 11.3 Å². The summed E-state index contributed by atoms with van der Waals surface area (Å²) >= 11 is 1.52. The first kappa shape index (κ1) is 11.0. The Kier molecular flexibility index (Phi) is 2.60. The number of benzene rings is 1. The zero-order valence-corrected chi connectivity index (χ0v) is 10.2. The minimum absolute atomic E-state index is 0.0161. The average molecular weight is 258 g/mol. The van der Waals surface area contributed by atoms with Gasteiger partial charge in [0.25, 0.3) is 0 Å². The Bertz CT molecular complexity index is 700. The molecular weight excluding hydrogens is 248 g/mol. The van der Waals surface area contributed by atoms with Crippen LogP contribution in [-0.2, 0) is 11.2 Å². The maximum atomic E-state index is 10.8. The predicted octanol–water partition coefficient (Wildman–Crippen LogP) is 2.69. The molecule has 0 aliphatic rings. The molecular formula is C13H10N2O2S. The molecule has 1 aromatic carbocycles. The number of hydrogen-bond acceptors (Lipinski definition) is 3. The number of carboxylic acids is 1. The van der Waals surface area contributed by atoms with Crippen molar-refractivity contribution in [2.45, 2.75) is 6.42 Å². The topological polar surface area (TPSA) is 54.6 Å². The van der Waals surface area contributed by atoms with Crippen molar-refractivity contribution in [3.05, 3.63) is 47.6 Å². The molecule has 3 aromatic rings. The summed E-state index contributed by atoms with van der Waals surface area (Å²) in [5.74, 6) is -0.845. The first-order chi connectivity index (χ1) is 8.75. The monoisotopic (exact) mass is 258 g/mol. The minimum atomic E-state index is -0.845. The van der Waals surface area contributed by atoms with E-state index in [4.69, 9.17) is 5.11 Å². The summed E-state index contributed by atoms with van der Waals surface area (Å²) in [5.41, 5.74) is 2.76. The Morgan fingerprint density at radius 3 is 2.83 bits per heavy atom. The van der Waals surface area contributed by atoms with E-state index in [2.05, 4.69) is 4.98 Å². The van der Waals surface area contributed by atoms with Gasteiger partial charge in [0, 0.05) is 5.38 Å². The fourth-order valence-electron chi connectivity index (χ4n) is 1.96. The van der Waals surface area contributed by atoms with Crippen molar-refractivity contribution >= 4 is 22.3 Å². The van der Waals surface area contributed by atoms with Gasteiger partial charge in [-0.1, -0.05) is 30.3 Å². The number of rotatable bonds is 3. The van der Waals surface area contributed by atoms with Gasteiger partial charge in [0.2, 0.25) is 0 Å². The van der Waals surface area contributed by atoms with Gasteiger partial charge in [0.1, 0.15) is 0 Å². The fourth-order valence-corrected chi connectivity index (χ4v) is 2.85. The van der Waals surface area contributed by atoms with Crippen LogP contribution in [0.1, 0.15) is 5.69 Å². The summed E-state index contributed by atoms with van der Waals surface area (Å²) in [7, 11) is 0. The number of imidazole rings is 1. The number of aromatic nitrogens is 2. The molecule has 0 bridgehead atoms. The van der Waals surface area contributed by atoms with Gasteiger partial charge in [0.15, 0.2) is 4.96 Å². The molecule has 0 unspecified atom stereocenters. The Balaban J connectivity index is 2.18. The Morgan fingerprint density at radius 1 is 1.33 bits per heavy atom. The zero-order valence-electron chi connectivity index (χ0n) is 9.41. The second-order valence-electron chi connectivity index (χ2n) is 3.93. The normalized spacial score (nSPS) is 10.9. The van der Waals surface area contributed by atoms with Crippen LogP contribution in [0.5, 0.6) is 0 Å². The van der Waals surface area contributed by atoms with E-state index >= 15 is 0 Å². The van der Waals surface area contributed by atoms with Gasteiger partial charge in [-0.15, -0.1) is 11.3 Å². The number of nitrogens with zero attached hydrogens (tertiary/aromatic N) is 2. The molecule has 1 N–H and O–H groups in total. The molecule has 0 radical (unpaired) electrons. The van der Waals surface area contributed by atoms with Crippen molar-refractivity contribution in [3.63, 3.8) is 0 Å². The van der Waals surface area contributed by atoms with Crippen LogP contribution in [0.3, 0.4) is 0 Å². The first-order valence-electron chi connectivity index (χ1n) is 5.47. The van der Waals surface area contributed by atoms with Gasteiger partial charge < -0.3 is 5.11 Å². The molecule has 2 aromatic heterocycles. The second-order valence-corrected chi connectivity index (χ2v) is 4.76. The molecule has 4 nitrogen and oxygen atoms in total. The van der Waals surface area contributed by atoms with Crippen molar-refractivity contribution in [2.24, 2.45) is 0 Å². The molecule has 0 aliphatic carbocycles. The Morgan fingerprint density at radius 2 is 2.11 bits per heavy atom. The summed E-state index contributed by atoms with van der Waals surface area (Å²) in [6.45, 7) is 0. The third kappa shape index (κ3) is 1.78. The van der Waals surface area contributed by atoms with Crippen molar-refractivity contribution in [3.8, 4) is 11.3 Å². The molecule has 90 valence electrons. The Labute approximate surface area is 107 Å². The van der Waals surface area contributed by atoms with Crippen LogP contribution in [0.2, 0.25) is 0 Å². The maximum absolute atomic E-state index is 10.8. The number of carbonyl (C=O) groups is 1. The van der Waals surface area contributed by atoms with E-state index in [-0.39, 0.29) is 6.42 Å². The van der Waals surface area contributed by atoms with Gasteiger partial charge in [-0.05, 0) is 5.56 Å². The Hall–Kier alpha value is -2.14. The van der Waals surface area contributed by atoms with Crippen LogP contribution >= 0.6 is 11.3 Å². The number of carboxylic acid groups (broad SMARTS) is 1. The lowest BCUT2D eigenvalue weighted by Gasteiger charge is -2.02. The number of hydrogen-bond donors (Lipinski definition) is 1. The molecule has 0 spiro atoms. The van der Waals surface area contributed by atoms with Gasteiger partial charge in [0.05, 0.1) is 24.0 Å². The quantitative estimate of drug-likeness (QED) is 0.785. The highest BCUT2D eigenvalue weighted by Gasteiger charge is 2.13. The highest BCUT2D eigenvalue weighted by atomic mass is 32.1. The summed E-state index contributed by atoms with van der Waals surface area (Å²) in [6.07, 6.45) is 1.62. The van der Waals surface area contributed by atoms with E-state index in [1.54, 1.807) is 6.20 Å². The smallest absolute Gasteiger partial charge is 0.309 e. The summed E-state index contributed by atoms with van der Waals surface area (Å²) in [5, 5.41) is 10.9. The van der Waals surface area contributed by atoms with Gasteiger partial charge in [-0.3, -0.25) is 9.20 Å². The highest BCUT2D eigenvalue weighted by molar-refractivity contribution is 7.15. The standard InChI is InChI=1S/C13H10N2O2S/c16-12(17)6-10-7-14-13-15(10)11(8-18-13)9-4-2-1-3-5-9/h1-5,7-8H,6H2,(H,16,17). The molecule has 0 aliphatic heterocycles. The molecule has 3 rings (SSSR count). The lowest BCUT2D eigenvalue weighted by Crippen LogP contribution is -2.03. The fraction of sp³-hybridized carbons (Fsp3) is 0.0769. The molecule has 18 heavy (non-hydrogen) atoms. The van der Waals surface area contributed by atoms with Crippen molar-refractivity contribution in [2.75, 3.05) is 0 Å². The van der Waals surface area contributed by atoms with Crippen LogP contribution in [0.25, 0.3) is 16.2 Å². The minimum Gasteiger partial charge on any atom is -0.481 e. The summed E-state index contributed by atoms with van der Waals surface area (Å²) < 4.78 is 1.91. The number of fused-ring (bicyclic) bond motifs is 1. The largest absolute Gasteiger partial charge is 0.481 e. The van der Waals surface area contributed by atoms with E-state index in [9.17, 15) is 4.79 Å². The van der Waals surface area contributed by atoms with Crippen molar-refractivity contribution < 1.29 is 9.90 Å². The second kappa shape index (κ2) is 4.27. The van der Waals surface area contributed by atoms with E-state index < -0.39 is 5.97 Å². The highest BCUT2D eigenvalue weighted by Crippen LogP contribution is 2.27. The average Bonchev–Trinajstić information content (AvgIpc) is 2.93. The molecule has 2 heterocycles. The van der Waals surface area contributed by atoms with Crippen molar-refractivity contribution in [1.82, 2.24) is 9.38 Å². The molecule has 5 heteroatoms. The SMILES string of the molecule is O=C(O)Cc1cnc2scc(-c3ccccc3)n12. The third-order valence-corrected chi connectivity index (χ3v) is 3.56. The predicted molar refractivity (Wildman–Crippen MR) is 69.8 cm³/mol. The van der Waals surface area contributed by atoms with Crippen LogP contribution < -0.4 is 0 Å². The molecule has 0 fully saturated rings. The van der Waals surface area contributed by atoms with Crippen LogP contribution in [0.15, 0.2) is 41.9 Å².